The van der Waals surface area contributed by atoms with Gasteiger partial charge in [-0.05, 0) is 55.5 Å². The minimum absolute atomic E-state index is 0.132. The number of nitrogens with one attached hydrogen (secondary N) is 1. The van der Waals surface area contributed by atoms with Crippen molar-refractivity contribution < 1.29 is 13.9 Å². The summed E-state index contributed by atoms with van der Waals surface area (Å²) in [5.41, 5.74) is 6.92. The van der Waals surface area contributed by atoms with Crippen molar-refractivity contribution in [3.8, 4) is 5.75 Å². The van der Waals surface area contributed by atoms with Gasteiger partial charge >= 0.3 is 0 Å². The number of hydrogen-bond acceptors (Lipinski definition) is 3. The number of carbonyl (C=O) groups is 1. The second-order valence-corrected chi connectivity index (χ2v) is 6.80. The molecule has 25 heavy (non-hydrogen) atoms. The van der Waals surface area contributed by atoms with E-state index in [4.69, 9.17) is 10.5 Å². The van der Waals surface area contributed by atoms with E-state index in [2.05, 4.69) is 5.32 Å². The number of hydrogen-bond donors (Lipinski definition) is 2. The van der Waals surface area contributed by atoms with Crippen LogP contribution in [0.25, 0.3) is 0 Å². The van der Waals surface area contributed by atoms with Crippen LogP contribution < -0.4 is 15.8 Å². The summed E-state index contributed by atoms with van der Waals surface area (Å²) in [6.45, 7) is 2.69. The van der Waals surface area contributed by atoms with E-state index in [0.29, 0.717) is 23.8 Å². The summed E-state index contributed by atoms with van der Waals surface area (Å²) in [4.78, 5) is 12.6. The lowest BCUT2D eigenvalue weighted by Crippen LogP contribution is -2.53. The second-order valence-electron chi connectivity index (χ2n) is 6.80. The number of amides is 1. The molecule has 3 N–H and O–H groups in total. The fourth-order valence-electron chi connectivity index (χ4n) is 2.90. The molecule has 1 aliphatic rings. The Morgan fingerprint density at radius 3 is 2.72 bits per heavy atom. The molecular weight excluding hydrogens is 319 g/mol. The Hall–Kier alpha value is -2.40. The van der Waals surface area contributed by atoms with Crippen LogP contribution in [0.1, 0.15) is 35.7 Å². The van der Waals surface area contributed by atoms with E-state index in [0.717, 1.165) is 18.4 Å². The zero-order chi connectivity index (χ0) is 17.9. The Morgan fingerprint density at radius 1 is 1.28 bits per heavy atom. The first-order valence-corrected chi connectivity index (χ1v) is 8.50. The first-order valence-electron chi connectivity index (χ1n) is 8.50. The maximum atomic E-state index is 13.2. The number of nitrogens with two attached hydrogens (primary N) is 1. The van der Waals surface area contributed by atoms with Crippen LogP contribution in [-0.4, -0.2) is 18.0 Å². The molecule has 0 heterocycles. The van der Waals surface area contributed by atoms with Gasteiger partial charge in [-0.15, -0.1) is 0 Å². The van der Waals surface area contributed by atoms with Crippen molar-refractivity contribution in [2.45, 2.75) is 31.9 Å². The molecule has 2 aromatic carbocycles. The Bertz CT molecular complexity index is 761. The topological polar surface area (TPSA) is 64.3 Å². The molecular formula is C20H23FN2O2. The molecule has 1 fully saturated rings. The van der Waals surface area contributed by atoms with Gasteiger partial charge in [0.25, 0.3) is 5.91 Å². The Labute approximate surface area is 147 Å². The molecule has 1 saturated carbocycles. The SMILES string of the molecule is CC(CN)(NC(=O)c1cccc(COc2cccc(F)c2)c1)C1CC1. The molecule has 1 aliphatic carbocycles. The third kappa shape index (κ3) is 4.37. The van der Waals surface area contributed by atoms with Crippen LogP contribution in [0, 0.1) is 11.7 Å². The highest BCUT2D eigenvalue weighted by atomic mass is 19.1. The van der Waals surface area contributed by atoms with Crippen LogP contribution >= 0.6 is 0 Å². The third-order valence-corrected chi connectivity index (χ3v) is 4.69. The van der Waals surface area contributed by atoms with Gasteiger partial charge in [-0.25, -0.2) is 4.39 Å². The van der Waals surface area contributed by atoms with Gasteiger partial charge in [-0.2, -0.15) is 0 Å². The summed E-state index contributed by atoms with van der Waals surface area (Å²) in [5.74, 6) is 0.444. The van der Waals surface area contributed by atoms with Gasteiger partial charge in [0.15, 0.2) is 0 Å². The monoisotopic (exact) mass is 342 g/mol. The van der Waals surface area contributed by atoms with E-state index < -0.39 is 0 Å². The van der Waals surface area contributed by atoms with Gasteiger partial charge in [0.05, 0.1) is 5.54 Å². The highest BCUT2D eigenvalue weighted by Gasteiger charge is 2.41. The van der Waals surface area contributed by atoms with E-state index in [1.807, 2.05) is 19.1 Å². The molecule has 0 aromatic heterocycles. The Kier molecular flexibility index (Phi) is 5.04. The zero-order valence-corrected chi connectivity index (χ0v) is 14.3. The molecule has 1 amide bonds. The van der Waals surface area contributed by atoms with E-state index in [-0.39, 0.29) is 23.9 Å². The molecule has 0 saturated heterocycles. The third-order valence-electron chi connectivity index (χ3n) is 4.69. The predicted molar refractivity (Wildman–Crippen MR) is 94.8 cm³/mol. The van der Waals surface area contributed by atoms with Crippen LogP contribution in [0.4, 0.5) is 4.39 Å². The van der Waals surface area contributed by atoms with Gasteiger partial charge in [0.1, 0.15) is 18.2 Å². The number of benzene rings is 2. The normalized spacial score (nSPS) is 16.1. The summed E-state index contributed by atoms with van der Waals surface area (Å²) in [6.07, 6.45) is 2.21. The largest absolute Gasteiger partial charge is 0.489 e. The summed E-state index contributed by atoms with van der Waals surface area (Å²) in [5, 5.41) is 3.08. The van der Waals surface area contributed by atoms with Crippen LogP contribution in [0.15, 0.2) is 48.5 Å². The summed E-state index contributed by atoms with van der Waals surface area (Å²) in [6, 6.07) is 13.2. The summed E-state index contributed by atoms with van der Waals surface area (Å²) < 4.78 is 18.8. The van der Waals surface area contributed by atoms with Gasteiger partial charge < -0.3 is 15.8 Å². The number of carbonyl (C=O) groups excluding carboxylic acids is 1. The van der Waals surface area contributed by atoms with Crippen molar-refractivity contribution in [1.29, 1.82) is 0 Å². The van der Waals surface area contributed by atoms with E-state index >= 15 is 0 Å². The quantitative estimate of drug-likeness (QED) is 0.812. The van der Waals surface area contributed by atoms with Crippen molar-refractivity contribution in [1.82, 2.24) is 5.32 Å². The van der Waals surface area contributed by atoms with Crippen LogP contribution in [0.5, 0.6) is 5.75 Å². The molecule has 0 radical (unpaired) electrons. The predicted octanol–water partition coefficient (Wildman–Crippen LogP) is 3.26. The zero-order valence-electron chi connectivity index (χ0n) is 14.3. The highest BCUT2D eigenvalue weighted by molar-refractivity contribution is 5.94. The van der Waals surface area contributed by atoms with Crippen molar-refractivity contribution in [3.05, 3.63) is 65.5 Å². The van der Waals surface area contributed by atoms with Crippen LogP contribution in [0.2, 0.25) is 0 Å². The molecule has 4 nitrogen and oxygen atoms in total. The average Bonchev–Trinajstić information content (AvgIpc) is 3.46. The molecule has 3 rings (SSSR count). The fourth-order valence-corrected chi connectivity index (χ4v) is 2.90. The molecule has 1 atom stereocenters. The minimum Gasteiger partial charge on any atom is -0.489 e. The van der Waals surface area contributed by atoms with Crippen LogP contribution in [-0.2, 0) is 6.61 Å². The first-order chi connectivity index (χ1) is 12.0. The molecule has 0 bridgehead atoms. The average molecular weight is 342 g/mol. The van der Waals surface area contributed by atoms with Gasteiger partial charge in [-0.3, -0.25) is 4.79 Å². The maximum Gasteiger partial charge on any atom is 0.251 e. The smallest absolute Gasteiger partial charge is 0.251 e. The Morgan fingerprint density at radius 2 is 2.04 bits per heavy atom. The molecule has 2 aromatic rings. The van der Waals surface area contributed by atoms with E-state index in [1.54, 1.807) is 24.3 Å². The fraction of sp³-hybridized carbons (Fsp3) is 0.350. The molecule has 1 unspecified atom stereocenters. The molecule has 0 aliphatic heterocycles. The summed E-state index contributed by atoms with van der Waals surface area (Å²) in [7, 11) is 0. The maximum absolute atomic E-state index is 13.2. The lowest BCUT2D eigenvalue weighted by molar-refractivity contribution is 0.0897. The minimum atomic E-state index is -0.356. The van der Waals surface area contributed by atoms with Crippen molar-refractivity contribution in [2.24, 2.45) is 11.7 Å². The lowest BCUT2D eigenvalue weighted by atomic mass is 9.95. The van der Waals surface area contributed by atoms with E-state index in [9.17, 15) is 9.18 Å². The van der Waals surface area contributed by atoms with Gasteiger partial charge in [0.2, 0.25) is 0 Å². The van der Waals surface area contributed by atoms with Crippen molar-refractivity contribution in [2.75, 3.05) is 6.54 Å². The summed E-state index contributed by atoms with van der Waals surface area (Å²) >= 11 is 0. The van der Waals surface area contributed by atoms with Crippen molar-refractivity contribution >= 4 is 5.91 Å². The standard InChI is InChI=1S/C20H23FN2O2/c1-20(13-22,16-8-9-16)23-19(24)15-5-2-4-14(10-15)12-25-18-7-3-6-17(21)11-18/h2-7,10-11,16H,8-9,12-13,22H2,1H3,(H,23,24). The van der Waals surface area contributed by atoms with Gasteiger partial charge in [-0.1, -0.05) is 18.2 Å². The molecule has 5 heteroatoms. The highest BCUT2D eigenvalue weighted by Crippen LogP contribution is 2.39. The van der Waals surface area contributed by atoms with Gasteiger partial charge in [0, 0.05) is 18.2 Å². The number of ether oxygens (including phenoxy) is 1. The number of halogens is 1. The first kappa shape index (κ1) is 17.4. The lowest BCUT2D eigenvalue weighted by Gasteiger charge is -2.29. The molecule has 0 spiro atoms. The number of rotatable bonds is 7. The van der Waals surface area contributed by atoms with Crippen molar-refractivity contribution in [3.63, 3.8) is 0 Å². The van der Waals surface area contributed by atoms with Crippen LogP contribution in [0.3, 0.4) is 0 Å². The van der Waals surface area contributed by atoms with E-state index in [1.165, 1.54) is 12.1 Å². The second kappa shape index (κ2) is 7.23. The Balaban J connectivity index is 1.65. The molecule has 132 valence electrons.